The van der Waals surface area contributed by atoms with Crippen molar-refractivity contribution in [2.45, 2.75) is 57.6 Å². The molecular formula is C29H47BN6O8S. The molecule has 0 aliphatic carbocycles. The van der Waals surface area contributed by atoms with Crippen molar-refractivity contribution in [1.82, 2.24) is 31.0 Å². The number of benzene rings is 1. The minimum absolute atomic E-state index is 0.0220. The van der Waals surface area contributed by atoms with E-state index in [1.165, 1.54) is 0 Å². The van der Waals surface area contributed by atoms with Gasteiger partial charge in [-0.1, -0.05) is 37.4 Å². The van der Waals surface area contributed by atoms with Gasteiger partial charge in [0.25, 0.3) is 10.1 Å². The number of para-hydroxylation sites is 1. The van der Waals surface area contributed by atoms with E-state index >= 15 is 0 Å². The van der Waals surface area contributed by atoms with Crippen LogP contribution in [0.15, 0.2) is 30.3 Å². The molecule has 0 saturated heterocycles. The maximum atomic E-state index is 12.8. The van der Waals surface area contributed by atoms with Crippen molar-refractivity contribution in [3.05, 3.63) is 36.0 Å². The quantitative estimate of drug-likeness (QED) is 0.0462. The number of aromatic nitrogens is 1. The van der Waals surface area contributed by atoms with E-state index in [-0.39, 0.29) is 38.7 Å². The van der Waals surface area contributed by atoms with E-state index in [4.69, 9.17) is 17.3 Å². The van der Waals surface area contributed by atoms with Gasteiger partial charge in [-0.05, 0) is 31.0 Å². The van der Waals surface area contributed by atoms with Crippen LogP contribution in [-0.2, 0) is 47.1 Å². The molecule has 14 nitrogen and oxygen atoms in total. The summed E-state index contributed by atoms with van der Waals surface area (Å²) in [5, 5.41) is 10.6. The summed E-state index contributed by atoms with van der Waals surface area (Å²) in [6.45, 7) is 2.29. The number of hydrogen-bond acceptors (Lipinski definition) is 9. The molecule has 2 aromatic rings. The second kappa shape index (κ2) is 20.9. The third-order valence-electron chi connectivity index (χ3n) is 6.86. The Kier molecular flexibility index (Phi) is 17.7. The Morgan fingerprint density at radius 2 is 1.67 bits per heavy atom. The fourth-order valence-electron chi connectivity index (χ4n) is 4.51. The molecule has 16 heteroatoms. The number of hydrogen-bond donors (Lipinski definition) is 5. The molecule has 0 saturated carbocycles. The van der Waals surface area contributed by atoms with E-state index in [9.17, 15) is 27.4 Å². The predicted octanol–water partition coefficient (Wildman–Crippen LogP) is 0.383. The van der Waals surface area contributed by atoms with Gasteiger partial charge in [0.1, 0.15) is 11.8 Å². The lowest BCUT2D eigenvalue weighted by molar-refractivity contribution is -0.128. The highest BCUT2D eigenvalue weighted by molar-refractivity contribution is 7.85. The second-order valence-corrected chi connectivity index (χ2v) is 12.0. The molecule has 0 fully saturated rings. The molecule has 2 rings (SSSR count). The van der Waals surface area contributed by atoms with Gasteiger partial charge in [-0.25, -0.2) is 5.01 Å². The van der Waals surface area contributed by atoms with Crippen molar-refractivity contribution in [3.8, 4) is 0 Å². The lowest BCUT2D eigenvalue weighted by Gasteiger charge is -2.19. The van der Waals surface area contributed by atoms with Gasteiger partial charge in [0, 0.05) is 50.7 Å². The van der Waals surface area contributed by atoms with E-state index in [0.29, 0.717) is 39.0 Å². The van der Waals surface area contributed by atoms with Crippen LogP contribution in [0.25, 0.3) is 10.9 Å². The number of nitrogens with zero attached hydrogens (tertiary/aromatic N) is 2. The minimum Gasteiger partial charge on any atom is -0.377 e. The molecule has 1 aromatic carbocycles. The van der Waals surface area contributed by atoms with Crippen LogP contribution in [-0.4, -0.2) is 114 Å². The summed E-state index contributed by atoms with van der Waals surface area (Å²) in [6.07, 6.45) is 3.71. The molecule has 250 valence electrons. The first kappa shape index (κ1) is 38.2. The summed E-state index contributed by atoms with van der Waals surface area (Å²) in [5.41, 5.74) is 4.96. The van der Waals surface area contributed by atoms with E-state index < -0.39 is 33.7 Å². The molecule has 0 bridgehead atoms. The fourth-order valence-corrected chi connectivity index (χ4v) is 5.16. The highest BCUT2D eigenvalue weighted by atomic mass is 32.2. The number of nitrogens with one attached hydrogen (secondary N) is 4. The summed E-state index contributed by atoms with van der Waals surface area (Å²) in [4.78, 5) is 37.2. The standard InChI is InChI=1S/C29H47BN6O8S/c1-31-35(2)21-24-20-23-8-5-6-9-26(23)36(24)15-11-28(38)34-25(22-45(40,41)42)29(39)33-14-17-44-19-18-43-16-13-32-27(37)10-4-3-7-12-30/h5-6,8-9,20,25,31H,3-4,7,10-19,21-22H2,1-2H3,(H,32,37)(H,33,39)(H,34,38)(H,40,41,42)/t25-/m0/s1. The Morgan fingerprint density at radius 3 is 2.33 bits per heavy atom. The highest BCUT2D eigenvalue weighted by Gasteiger charge is 2.26. The SMILES string of the molecule is [B]CCCCCC(=O)NCCOCCOCCNC(=O)[C@H](CS(=O)(=O)O)NC(=O)CCn1c(CN(C)NC)cc2ccccc21. The summed E-state index contributed by atoms with van der Waals surface area (Å²) >= 11 is 0. The number of aryl methyl sites for hydroxylation is 1. The van der Waals surface area contributed by atoms with E-state index in [1.807, 2.05) is 47.0 Å². The second-order valence-electron chi connectivity index (χ2n) is 10.5. The van der Waals surface area contributed by atoms with Crippen LogP contribution in [0.5, 0.6) is 0 Å². The molecule has 1 atom stereocenters. The molecule has 3 amide bonds. The number of hydrazine groups is 1. The van der Waals surface area contributed by atoms with Crippen molar-refractivity contribution < 1.29 is 36.8 Å². The van der Waals surface area contributed by atoms with E-state index in [2.05, 4.69) is 21.4 Å². The number of ether oxygens (including phenoxy) is 2. The molecule has 0 aliphatic rings. The first-order chi connectivity index (χ1) is 21.5. The van der Waals surface area contributed by atoms with Gasteiger partial charge in [0.05, 0.1) is 40.8 Å². The zero-order chi connectivity index (χ0) is 33.1. The Bertz CT molecular complexity index is 1310. The van der Waals surface area contributed by atoms with E-state index in [1.54, 1.807) is 7.05 Å². The zero-order valence-corrected chi connectivity index (χ0v) is 27.1. The summed E-state index contributed by atoms with van der Waals surface area (Å²) < 4.78 is 45.3. The number of unbranched alkanes of at least 4 members (excludes halogenated alkanes) is 2. The topological polar surface area (TPSA) is 180 Å². The van der Waals surface area contributed by atoms with Gasteiger partial charge in [-0.3, -0.25) is 24.4 Å². The first-order valence-corrected chi connectivity index (χ1v) is 16.7. The largest absolute Gasteiger partial charge is 0.377 e. The maximum absolute atomic E-state index is 12.8. The zero-order valence-electron chi connectivity index (χ0n) is 26.3. The molecule has 45 heavy (non-hydrogen) atoms. The first-order valence-electron chi connectivity index (χ1n) is 15.1. The third-order valence-corrected chi connectivity index (χ3v) is 7.62. The maximum Gasteiger partial charge on any atom is 0.267 e. The molecule has 2 radical (unpaired) electrons. The number of carbonyl (C=O) groups is 3. The van der Waals surface area contributed by atoms with Gasteiger partial charge in [0.2, 0.25) is 17.7 Å². The Labute approximate surface area is 267 Å². The van der Waals surface area contributed by atoms with Crippen molar-refractivity contribution in [2.24, 2.45) is 0 Å². The van der Waals surface area contributed by atoms with Crippen LogP contribution in [0.2, 0.25) is 6.32 Å². The molecule has 0 unspecified atom stereocenters. The summed E-state index contributed by atoms with van der Waals surface area (Å²) in [5.74, 6) is -2.29. The summed E-state index contributed by atoms with van der Waals surface area (Å²) in [6, 6.07) is 8.32. The predicted molar refractivity (Wildman–Crippen MR) is 172 cm³/mol. The molecule has 0 spiro atoms. The van der Waals surface area contributed by atoms with Gasteiger partial charge < -0.3 is 30.0 Å². The van der Waals surface area contributed by atoms with Crippen LogP contribution in [0.4, 0.5) is 0 Å². The van der Waals surface area contributed by atoms with Crippen molar-refractivity contribution in [1.29, 1.82) is 0 Å². The molecule has 1 aromatic heterocycles. The smallest absolute Gasteiger partial charge is 0.267 e. The molecule has 0 aliphatic heterocycles. The number of amides is 3. The minimum atomic E-state index is -4.56. The monoisotopic (exact) mass is 650 g/mol. The van der Waals surface area contributed by atoms with Crippen molar-refractivity contribution in [2.75, 3.05) is 59.4 Å². The molecule has 1 heterocycles. The van der Waals surface area contributed by atoms with Crippen molar-refractivity contribution >= 4 is 46.6 Å². The van der Waals surface area contributed by atoms with Gasteiger partial charge >= 0.3 is 0 Å². The van der Waals surface area contributed by atoms with Crippen molar-refractivity contribution in [3.63, 3.8) is 0 Å². The fraction of sp³-hybridized carbons (Fsp3) is 0.621. The third kappa shape index (κ3) is 15.7. The summed E-state index contributed by atoms with van der Waals surface area (Å²) in [7, 11) is 4.57. The molecule has 5 N–H and O–H groups in total. The lowest BCUT2D eigenvalue weighted by atomic mass is 9.99. The Balaban J connectivity index is 1.73. The molecular weight excluding hydrogens is 603 g/mol. The highest BCUT2D eigenvalue weighted by Crippen LogP contribution is 2.21. The average Bonchev–Trinajstić information content (AvgIpc) is 3.34. The normalized spacial score (nSPS) is 12.4. The van der Waals surface area contributed by atoms with Crippen LogP contribution < -0.4 is 21.4 Å². The lowest BCUT2D eigenvalue weighted by Crippen LogP contribution is -2.51. The Morgan fingerprint density at radius 1 is 0.978 bits per heavy atom. The number of carbonyl (C=O) groups excluding carboxylic acids is 3. The van der Waals surface area contributed by atoms with Crippen LogP contribution in [0.1, 0.15) is 37.8 Å². The average molecular weight is 651 g/mol. The number of rotatable bonds is 24. The van der Waals surface area contributed by atoms with Gasteiger partial charge in [-0.2, -0.15) is 8.42 Å². The number of fused-ring (bicyclic) bond motifs is 1. The van der Waals surface area contributed by atoms with Crippen LogP contribution in [0, 0.1) is 0 Å². The van der Waals surface area contributed by atoms with Crippen LogP contribution in [0.3, 0.4) is 0 Å². The van der Waals surface area contributed by atoms with Gasteiger partial charge in [0.15, 0.2) is 0 Å². The van der Waals surface area contributed by atoms with Gasteiger partial charge in [-0.15, -0.1) is 0 Å². The van der Waals surface area contributed by atoms with E-state index in [0.717, 1.165) is 35.9 Å². The van der Waals surface area contributed by atoms with Crippen LogP contribution >= 0.6 is 0 Å². The Hall–Kier alpha value is -3.02.